The monoisotopic (exact) mass is 188 g/mol. The number of benzene rings is 1. The van der Waals surface area contributed by atoms with Crippen molar-refractivity contribution in [2.75, 3.05) is 19.0 Å². The van der Waals surface area contributed by atoms with E-state index < -0.39 is 0 Å². The Kier molecular flexibility index (Phi) is 1.48. The first-order valence-corrected chi connectivity index (χ1v) is 4.81. The summed E-state index contributed by atoms with van der Waals surface area (Å²) < 4.78 is 5.31. The largest absolute Gasteiger partial charge is 0.495 e. The van der Waals surface area contributed by atoms with E-state index in [1.165, 1.54) is 16.6 Å². The van der Waals surface area contributed by atoms with Crippen LogP contribution in [0.3, 0.4) is 0 Å². The van der Waals surface area contributed by atoms with E-state index in [1.807, 2.05) is 6.07 Å². The van der Waals surface area contributed by atoms with Gasteiger partial charge in [0.25, 0.3) is 0 Å². The summed E-state index contributed by atoms with van der Waals surface area (Å²) in [5.41, 5.74) is 3.70. The van der Waals surface area contributed by atoms with Crippen molar-refractivity contribution >= 4 is 16.6 Å². The molecule has 1 aliphatic rings. The van der Waals surface area contributed by atoms with Crippen molar-refractivity contribution in [1.29, 1.82) is 0 Å². The molecule has 1 aromatic carbocycles. The Morgan fingerprint density at radius 2 is 2.29 bits per heavy atom. The van der Waals surface area contributed by atoms with Crippen LogP contribution in [-0.2, 0) is 6.42 Å². The summed E-state index contributed by atoms with van der Waals surface area (Å²) in [6.07, 6.45) is 3.16. The average molecular weight is 188 g/mol. The molecule has 0 fully saturated rings. The van der Waals surface area contributed by atoms with Crippen LogP contribution in [0.25, 0.3) is 10.9 Å². The third kappa shape index (κ3) is 0.867. The number of aromatic nitrogens is 1. The third-order valence-electron chi connectivity index (χ3n) is 2.81. The highest BCUT2D eigenvalue weighted by atomic mass is 16.5. The highest BCUT2D eigenvalue weighted by Crippen LogP contribution is 2.35. The van der Waals surface area contributed by atoms with E-state index in [9.17, 15) is 0 Å². The van der Waals surface area contributed by atoms with Gasteiger partial charge in [0.1, 0.15) is 5.75 Å². The molecule has 14 heavy (non-hydrogen) atoms. The van der Waals surface area contributed by atoms with Gasteiger partial charge in [-0.1, -0.05) is 0 Å². The first-order chi connectivity index (χ1) is 6.90. The molecule has 2 N–H and O–H groups in total. The van der Waals surface area contributed by atoms with E-state index in [1.54, 1.807) is 7.11 Å². The number of hydrogen-bond acceptors (Lipinski definition) is 2. The minimum absolute atomic E-state index is 0.915. The maximum Gasteiger partial charge on any atom is 0.143 e. The fraction of sp³-hybridized carbons (Fsp3) is 0.273. The van der Waals surface area contributed by atoms with E-state index in [2.05, 4.69) is 22.6 Å². The topological polar surface area (TPSA) is 37.0 Å². The summed E-state index contributed by atoms with van der Waals surface area (Å²) in [6.45, 7) is 1.02. The predicted molar refractivity (Wildman–Crippen MR) is 57.0 cm³/mol. The first-order valence-electron chi connectivity index (χ1n) is 4.81. The Morgan fingerprint density at radius 1 is 1.36 bits per heavy atom. The Bertz CT molecular complexity index is 487. The maximum atomic E-state index is 5.31. The van der Waals surface area contributed by atoms with Crippen LogP contribution in [-0.4, -0.2) is 18.6 Å². The molecule has 3 rings (SSSR count). The lowest BCUT2D eigenvalue weighted by Crippen LogP contribution is -2.09. The Hall–Kier alpha value is -1.64. The van der Waals surface area contributed by atoms with E-state index in [4.69, 9.17) is 4.74 Å². The highest BCUT2D eigenvalue weighted by molar-refractivity contribution is 5.99. The molecule has 0 radical (unpaired) electrons. The molecular formula is C11H12N2O. The zero-order chi connectivity index (χ0) is 9.54. The van der Waals surface area contributed by atoms with Crippen LogP contribution in [0.1, 0.15) is 5.56 Å². The molecule has 2 heterocycles. The molecule has 0 aliphatic carbocycles. The van der Waals surface area contributed by atoms with Crippen molar-refractivity contribution in [2.45, 2.75) is 6.42 Å². The second kappa shape index (κ2) is 2.67. The minimum Gasteiger partial charge on any atom is -0.495 e. The number of methoxy groups -OCH3 is 1. The van der Waals surface area contributed by atoms with Crippen LogP contribution in [0.15, 0.2) is 18.3 Å². The lowest BCUT2D eigenvalue weighted by molar-refractivity contribution is 0.419. The molecule has 72 valence electrons. The predicted octanol–water partition coefficient (Wildman–Crippen LogP) is 2.14. The Morgan fingerprint density at radius 3 is 3.14 bits per heavy atom. The summed E-state index contributed by atoms with van der Waals surface area (Å²) in [5, 5.41) is 4.68. The lowest BCUT2D eigenvalue weighted by Gasteiger charge is -2.15. The van der Waals surface area contributed by atoms with Crippen molar-refractivity contribution in [3.05, 3.63) is 23.9 Å². The zero-order valence-corrected chi connectivity index (χ0v) is 8.05. The first kappa shape index (κ1) is 7.74. The molecule has 0 bridgehead atoms. The van der Waals surface area contributed by atoms with Gasteiger partial charge in [0.2, 0.25) is 0 Å². The summed E-state index contributed by atoms with van der Waals surface area (Å²) in [5.74, 6) is 0.915. The minimum atomic E-state index is 0.915. The molecule has 0 saturated carbocycles. The van der Waals surface area contributed by atoms with Gasteiger partial charge < -0.3 is 15.0 Å². The van der Waals surface area contributed by atoms with Crippen LogP contribution in [0, 0.1) is 0 Å². The molecular weight excluding hydrogens is 176 g/mol. The number of rotatable bonds is 1. The van der Waals surface area contributed by atoms with Gasteiger partial charge in [0, 0.05) is 23.8 Å². The fourth-order valence-corrected chi connectivity index (χ4v) is 2.14. The van der Waals surface area contributed by atoms with Crippen LogP contribution < -0.4 is 10.1 Å². The number of anilines is 1. The van der Waals surface area contributed by atoms with Gasteiger partial charge in [0.05, 0.1) is 12.6 Å². The summed E-state index contributed by atoms with van der Waals surface area (Å²) in [4.78, 5) is 3.27. The molecule has 0 saturated heterocycles. The number of H-pyrrole nitrogens is 1. The SMILES string of the molecule is COc1ccc2c3c(c[nH]c13)CCN2. The lowest BCUT2D eigenvalue weighted by atomic mass is 10.0. The van der Waals surface area contributed by atoms with Crippen LogP contribution in [0.2, 0.25) is 0 Å². The van der Waals surface area contributed by atoms with Crippen molar-refractivity contribution < 1.29 is 4.74 Å². The van der Waals surface area contributed by atoms with Crippen molar-refractivity contribution in [2.24, 2.45) is 0 Å². The van der Waals surface area contributed by atoms with Gasteiger partial charge >= 0.3 is 0 Å². The van der Waals surface area contributed by atoms with E-state index >= 15 is 0 Å². The second-order valence-electron chi connectivity index (χ2n) is 3.56. The summed E-state index contributed by atoms with van der Waals surface area (Å²) in [7, 11) is 1.70. The quantitative estimate of drug-likeness (QED) is 0.719. The number of nitrogens with one attached hydrogen (secondary N) is 2. The standard InChI is InChI=1S/C11H12N2O/c1-14-9-3-2-8-10-7(4-5-12-8)6-13-11(9)10/h2-3,6,12-13H,4-5H2,1H3. The molecule has 2 aromatic rings. The van der Waals surface area contributed by atoms with Crippen molar-refractivity contribution in [3.63, 3.8) is 0 Å². The summed E-state index contributed by atoms with van der Waals surface area (Å²) in [6, 6.07) is 4.08. The maximum absolute atomic E-state index is 5.31. The number of hydrogen-bond donors (Lipinski definition) is 2. The third-order valence-corrected chi connectivity index (χ3v) is 2.81. The Labute approximate surface area is 82.1 Å². The normalized spacial score (nSPS) is 14.1. The zero-order valence-electron chi connectivity index (χ0n) is 8.05. The summed E-state index contributed by atoms with van der Waals surface area (Å²) >= 11 is 0. The van der Waals surface area contributed by atoms with Gasteiger partial charge in [-0.3, -0.25) is 0 Å². The highest BCUT2D eigenvalue weighted by Gasteiger charge is 2.15. The molecule has 0 unspecified atom stereocenters. The van der Waals surface area contributed by atoms with Crippen LogP contribution in [0.4, 0.5) is 5.69 Å². The molecule has 1 aromatic heterocycles. The van der Waals surface area contributed by atoms with Crippen molar-refractivity contribution in [1.82, 2.24) is 4.98 Å². The van der Waals surface area contributed by atoms with Crippen LogP contribution >= 0.6 is 0 Å². The van der Waals surface area contributed by atoms with Gasteiger partial charge in [-0.25, -0.2) is 0 Å². The molecule has 1 aliphatic heterocycles. The van der Waals surface area contributed by atoms with Gasteiger partial charge in [0.15, 0.2) is 0 Å². The van der Waals surface area contributed by atoms with E-state index in [-0.39, 0.29) is 0 Å². The molecule has 3 heteroatoms. The van der Waals surface area contributed by atoms with Crippen LogP contribution in [0.5, 0.6) is 5.75 Å². The van der Waals surface area contributed by atoms with E-state index in [0.29, 0.717) is 0 Å². The Balaban J connectivity index is 2.40. The number of ether oxygens (including phenoxy) is 1. The smallest absolute Gasteiger partial charge is 0.143 e. The molecule has 0 atom stereocenters. The second-order valence-corrected chi connectivity index (χ2v) is 3.56. The van der Waals surface area contributed by atoms with Crippen molar-refractivity contribution in [3.8, 4) is 5.75 Å². The molecule has 0 spiro atoms. The fourth-order valence-electron chi connectivity index (χ4n) is 2.14. The molecule has 3 nitrogen and oxygen atoms in total. The van der Waals surface area contributed by atoms with Gasteiger partial charge in [-0.05, 0) is 24.1 Å². The van der Waals surface area contributed by atoms with E-state index in [0.717, 1.165) is 24.2 Å². The van der Waals surface area contributed by atoms with Gasteiger partial charge in [-0.15, -0.1) is 0 Å². The molecule has 0 amide bonds. The number of aromatic amines is 1. The average Bonchev–Trinajstić information content (AvgIpc) is 2.66. The van der Waals surface area contributed by atoms with Gasteiger partial charge in [-0.2, -0.15) is 0 Å².